The molecule has 0 bridgehead atoms. The Balaban J connectivity index is 2.56. The van der Waals surface area contributed by atoms with Crippen LogP contribution in [-0.2, 0) is 0 Å². The minimum atomic E-state index is -3.53. The third-order valence-corrected chi connectivity index (χ3v) is 2.48. The molecule has 0 saturated carbocycles. The Kier molecular flexibility index (Phi) is 1.76. The van der Waals surface area contributed by atoms with Crippen LogP contribution in [-0.4, -0.2) is 35.2 Å². The molecular weight excluding hydrogens is 234 g/mol. The number of hydrogen-bond donors (Lipinski definition) is 0. The lowest BCUT2D eigenvalue weighted by atomic mass is 10.1. The third kappa shape index (κ3) is 2.36. The summed E-state index contributed by atoms with van der Waals surface area (Å²) in [5.41, 5.74) is -3.02. The monoisotopic (exact) mass is 257 g/mol. The van der Waals surface area contributed by atoms with Gasteiger partial charge in [0.2, 0.25) is 0 Å². The standard InChI is InChI=1S/C13H15NO2S/c1-17-9-5-4-8-14-12(15)10-6-2-3-7-11(10)13(14)16/h2-3,6-7H,4-5,8-9H2,1H3/i4D2,5D2,8D2,9D2. The predicted octanol–water partition coefficient (Wildman–Crippen LogP) is 2.43. The molecule has 0 spiro atoms. The first-order chi connectivity index (χ1) is 11.2. The first kappa shape index (κ1) is 5.57. The Morgan fingerprint density at radius 3 is 2.29 bits per heavy atom. The second kappa shape index (κ2) is 5.36. The average Bonchev–Trinajstić information content (AvgIpc) is 2.79. The lowest BCUT2D eigenvalue weighted by Gasteiger charge is -2.12. The molecule has 17 heavy (non-hydrogen) atoms. The van der Waals surface area contributed by atoms with Crippen LogP contribution in [0.1, 0.15) is 44.4 Å². The van der Waals surface area contributed by atoms with Crippen molar-refractivity contribution in [3.05, 3.63) is 35.4 Å². The summed E-state index contributed by atoms with van der Waals surface area (Å²) in [7, 11) is 0. The van der Waals surface area contributed by atoms with E-state index in [2.05, 4.69) is 0 Å². The topological polar surface area (TPSA) is 37.4 Å². The van der Waals surface area contributed by atoms with Crippen LogP contribution in [0.25, 0.3) is 0 Å². The molecule has 0 saturated heterocycles. The number of nitrogens with zero attached hydrogens (tertiary/aromatic N) is 1. The van der Waals surface area contributed by atoms with Gasteiger partial charge in [-0.25, -0.2) is 0 Å². The van der Waals surface area contributed by atoms with Crippen LogP contribution in [0.15, 0.2) is 24.3 Å². The number of imide groups is 1. The van der Waals surface area contributed by atoms with Gasteiger partial charge in [-0.3, -0.25) is 14.5 Å². The Labute approximate surface area is 116 Å². The van der Waals surface area contributed by atoms with Gasteiger partial charge >= 0.3 is 0 Å². The number of carbonyl (C=O) groups is 2. The van der Waals surface area contributed by atoms with Crippen molar-refractivity contribution in [3.8, 4) is 0 Å². The average molecular weight is 257 g/mol. The number of carbonyl (C=O) groups excluding carboxylic acids is 2. The highest BCUT2D eigenvalue weighted by atomic mass is 32.2. The molecule has 2 rings (SSSR count). The maximum Gasteiger partial charge on any atom is 0.261 e. The largest absolute Gasteiger partial charge is 0.274 e. The maximum atomic E-state index is 12.4. The van der Waals surface area contributed by atoms with E-state index in [1.807, 2.05) is 0 Å². The molecule has 0 unspecified atom stereocenters. The minimum Gasteiger partial charge on any atom is -0.274 e. The zero-order valence-corrected chi connectivity index (χ0v) is 9.80. The van der Waals surface area contributed by atoms with Crippen LogP contribution in [0.4, 0.5) is 0 Å². The van der Waals surface area contributed by atoms with Gasteiger partial charge < -0.3 is 0 Å². The molecule has 0 N–H and O–H groups in total. The highest BCUT2D eigenvalue weighted by Gasteiger charge is 2.34. The van der Waals surface area contributed by atoms with Crippen molar-refractivity contribution in [1.29, 1.82) is 0 Å². The highest BCUT2D eigenvalue weighted by Crippen LogP contribution is 2.22. The predicted molar refractivity (Wildman–Crippen MR) is 69.4 cm³/mol. The zero-order chi connectivity index (χ0) is 19.4. The summed E-state index contributed by atoms with van der Waals surface area (Å²) in [6.45, 7) is -3.42. The quantitative estimate of drug-likeness (QED) is 0.760. The van der Waals surface area contributed by atoms with Crippen molar-refractivity contribution < 1.29 is 20.6 Å². The summed E-state index contributed by atoms with van der Waals surface area (Å²) >= 11 is 0.372. The number of hydrogen-bond acceptors (Lipinski definition) is 3. The molecule has 1 aliphatic heterocycles. The summed E-state index contributed by atoms with van der Waals surface area (Å²) < 4.78 is 63.0. The Morgan fingerprint density at radius 2 is 1.76 bits per heavy atom. The summed E-state index contributed by atoms with van der Waals surface area (Å²) in [6, 6.07) is 5.50. The number of rotatable bonds is 5. The lowest BCUT2D eigenvalue weighted by molar-refractivity contribution is 0.0652. The molecule has 1 aliphatic rings. The number of benzene rings is 1. The Bertz CT molecular complexity index is 701. The fourth-order valence-corrected chi connectivity index (χ4v) is 1.60. The van der Waals surface area contributed by atoms with Gasteiger partial charge in [0.1, 0.15) is 0 Å². The van der Waals surface area contributed by atoms with Gasteiger partial charge in [-0.1, -0.05) is 12.1 Å². The first-order valence-electron chi connectivity index (χ1n) is 8.77. The van der Waals surface area contributed by atoms with Crippen molar-refractivity contribution >= 4 is 23.6 Å². The van der Waals surface area contributed by atoms with Crippen molar-refractivity contribution in [1.82, 2.24) is 4.90 Å². The normalized spacial score (nSPS) is 24.6. The van der Waals surface area contributed by atoms with E-state index in [1.54, 1.807) is 0 Å². The molecule has 1 aromatic carbocycles. The van der Waals surface area contributed by atoms with Gasteiger partial charge in [-0.2, -0.15) is 11.8 Å². The Hall–Kier alpha value is -1.29. The zero-order valence-electron chi connectivity index (χ0n) is 17.0. The molecule has 0 aromatic heterocycles. The van der Waals surface area contributed by atoms with Gasteiger partial charge in [-0.15, -0.1) is 0 Å². The van der Waals surface area contributed by atoms with E-state index >= 15 is 0 Å². The van der Waals surface area contributed by atoms with Crippen LogP contribution in [0.5, 0.6) is 0 Å². The van der Waals surface area contributed by atoms with Crippen molar-refractivity contribution in [2.45, 2.75) is 12.7 Å². The Morgan fingerprint density at radius 1 is 1.18 bits per heavy atom. The fraction of sp³-hybridized carbons (Fsp3) is 0.385. The van der Waals surface area contributed by atoms with Crippen molar-refractivity contribution in [3.63, 3.8) is 0 Å². The van der Waals surface area contributed by atoms with Crippen molar-refractivity contribution in [2.24, 2.45) is 0 Å². The lowest BCUT2D eigenvalue weighted by Crippen LogP contribution is -2.30. The molecule has 0 atom stereocenters. The number of amides is 2. The van der Waals surface area contributed by atoms with E-state index in [0.29, 0.717) is 11.8 Å². The summed E-state index contributed by atoms with van der Waals surface area (Å²) in [6.07, 6.45) is -5.66. The van der Waals surface area contributed by atoms with Gasteiger partial charge in [0.25, 0.3) is 11.8 Å². The van der Waals surface area contributed by atoms with Gasteiger partial charge in [0.15, 0.2) is 0 Å². The van der Waals surface area contributed by atoms with E-state index in [4.69, 9.17) is 11.0 Å². The van der Waals surface area contributed by atoms with Crippen LogP contribution in [0, 0.1) is 0 Å². The molecule has 90 valence electrons. The number of thioether (sulfide) groups is 1. The smallest absolute Gasteiger partial charge is 0.261 e. The third-order valence-electron chi connectivity index (χ3n) is 2.18. The second-order valence-corrected chi connectivity index (χ2v) is 3.77. The summed E-state index contributed by atoms with van der Waals surface area (Å²) in [5, 5.41) is 0. The van der Waals surface area contributed by atoms with Gasteiger partial charge in [-0.05, 0) is 36.8 Å². The molecule has 3 nitrogen and oxygen atoms in total. The van der Waals surface area contributed by atoms with Crippen LogP contribution >= 0.6 is 11.8 Å². The molecule has 0 radical (unpaired) electrons. The number of fused-ring (bicyclic) bond motifs is 1. The van der Waals surface area contributed by atoms with E-state index in [0.717, 1.165) is 0 Å². The van der Waals surface area contributed by atoms with E-state index < -0.39 is 36.8 Å². The molecule has 4 heteroatoms. The minimum absolute atomic E-state index is 0.0336. The second-order valence-electron chi connectivity index (χ2n) is 3.16. The van der Waals surface area contributed by atoms with Gasteiger partial charge in [0, 0.05) is 17.5 Å². The maximum absolute atomic E-state index is 12.4. The molecule has 1 aromatic rings. The van der Waals surface area contributed by atoms with Crippen LogP contribution < -0.4 is 0 Å². The molecule has 0 fully saturated rings. The van der Waals surface area contributed by atoms with E-state index in [-0.39, 0.29) is 16.0 Å². The molecule has 0 aliphatic carbocycles. The highest BCUT2D eigenvalue weighted by molar-refractivity contribution is 7.98. The first-order valence-corrected chi connectivity index (χ1v) is 5.99. The fourth-order valence-electron chi connectivity index (χ4n) is 1.45. The summed E-state index contributed by atoms with van der Waals surface area (Å²) in [5.74, 6) is -2.18. The molecular formula is C13H15NO2S. The summed E-state index contributed by atoms with van der Waals surface area (Å²) in [4.78, 5) is 24.9. The SMILES string of the molecule is [2H]C([2H])(SC)C([2H])([2H])C([2H])([2H])C([2H])([2H])N1C(=O)c2ccccc2C1=O. The molecule has 1 heterocycles. The van der Waals surface area contributed by atoms with Crippen LogP contribution in [0.3, 0.4) is 0 Å². The van der Waals surface area contributed by atoms with Crippen LogP contribution in [0.2, 0.25) is 0 Å². The van der Waals surface area contributed by atoms with Crippen molar-refractivity contribution in [2.75, 3.05) is 18.5 Å². The van der Waals surface area contributed by atoms with E-state index in [9.17, 15) is 9.59 Å². The van der Waals surface area contributed by atoms with E-state index in [1.165, 1.54) is 30.5 Å². The molecule has 2 amide bonds. The van der Waals surface area contributed by atoms with Gasteiger partial charge in [0.05, 0.1) is 11.1 Å².